The lowest BCUT2D eigenvalue weighted by atomic mass is 10.1. The van der Waals surface area contributed by atoms with Gasteiger partial charge < -0.3 is 13.9 Å². The first-order valence-corrected chi connectivity index (χ1v) is 9.56. The van der Waals surface area contributed by atoms with Gasteiger partial charge in [0.15, 0.2) is 0 Å². The van der Waals surface area contributed by atoms with Crippen LogP contribution < -0.4 is 4.72 Å². The summed E-state index contributed by atoms with van der Waals surface area (Å²) in [6.45, 7) is 3.32. The Kier molecular flexibility index (Phi) is 5.71. The Morgan fingerprint density at radius 2 is 2.30 bits per heavy atom. The van der Waals surface area contributed by atoms with Crippen molar-refractivity contribution in [1.82, 2.24) is 9.03 Å². The summed E-state index contributed by atoms with van der Waals surface area (Å²) < 4.78 is 45.2. The zero-order valence-electron chi connectivity index (χ0n) is 13.1. The summed E-state index contributed by atoms with van der Waals surface area (Å²) in [4.78, 5) is 0. The Morgan fingerprint density at radius 3 is 3.04 bits per heavy atom. The molecule has 23 heavy (non-hydrogen) atoms. The van der Waals surface area contributed by atoms with Crippen molar-refractivity contribution in [2.45, 2.75) is 25.3 Å². The Labute approximate surface area is 137 Å². The predicted octanol–water partition coefficient (Wildman–Crippen LogP) is 1.30. The summed E-state index contributed by atoms with van der Waals surface area (Å²) >= 11 is 0. The molecule has 2 atom stereocenters. The highest BCUT2D eigenvalue weighted by atomic mass is 32.2. The van der Waals surface area contributed by atoms with E-state index in [0.29, 0.717) is 31.4 Å². The third kappa shape index (κ3) is 4.33. The van der Waals surface area contributed by atoms with E-state index in [4.69, 9.17) is 13.9 Å². The molecule has 3 rings (SSSR count). The van der Waals surface area contributed by atoms with Crippen LogP contribution in [0.2, 0.25) is 0 Å². The zero-order valence-corrected chi connectivity index (χ0v) is 14.0. The molecule has 2 unspecified atom stereocenters. The molecule has 8 heteroatoms. The maximum Gasteiger partial charge on any atom is 0.280 e. The molecule has 0 bridgehead atoms. The van der Waals surface area contributed by atoms with Crippen LogP contribution in [0.1, 0.15) is 31.1 Å². The van der Waals surface area contributed by atoms with E-state index in [1.165, 1.54) is 4.31 Å². The molecule has 2 saturated heterocycles. The van der Waals surface area contributed by atoms with Gasteiger partial charge >= 0.3 is 0 Å². The molecule has 0 aliphatic carbocycles. The van der Waals surface area contributed by atoms with Gasteiger partial charge in [-0.3, -0.25) is 0 Å². The number of hydrogen-bond acceptors (Lipinski definition) is 5. The van der Waals surface area contributed by atoms with Crippen molar-refractivity contribution >= 4 is 10.2 Å². The Bertz CT molecular complexity index is 569. The Balaban J connectivity index is 1.44. The lowest BCUT2D eigenvalue weighted by Gasteiger charge is -2.22. The standard InChI is InChI=1S/C15H24N2O5S/c18-23(19,16-6-10-21-12-13-5-9-20-11-13)17-7-1-3-14(17)15-4-2-8-22-15/h2,4,8,13-14,16H,1,3,5-7,9-12H2. The SMILES string of the molecule is O=S(=O)(NCCOCC1CCOC1)N1CCCC1c1ccco1. The monoisotopic (exact) mass is 344 g/mol. The fraction of sp³-hybridized carbons (Fsp3) is 0.733. The second kappa shape index (κ2) is 7.76. The van der Waals surface area contributed by atoms with Crippen LogP contribution in [0, 0.1) is 5.92 Å². The summed E-state index contributed by atoms with van der Waals surface area (Å²) in [6.07, 6.45) is 4.22. The topological polar surface area (TPSA) is 81.0 Å². The van der Waals surface area contributed by atoms with Crippen molar-refractivity contribution in [2.75, 3.05) is 39.5 Å². The van der Waals surface area contributed by atoms with Crippen molar-refractivity contribution < 1.29 is 22.3 Å². The first-order chi connectivity index (χ1) is 11.2. The Morgan fingerprint density at radius 1 is 1.39 bits per heavy atom. The van der Waals surface area contributed by atoms with Crippen LogP contribution in [0.4, 0.5) is 0 Å². The number of nitrogens with one attached hydrogen (secondary N) is 1. The highest BCUT2D eigenvalue weighted by molar-refractivity contribution is 7.87. The van der Waals surface area contributed by atoms with Gasteiger partial charge in [-0.15, -0.1) is 0 Å². The third-order valence-electron chi connectivity index (χ3n) is 4.29. The van der Waals surface area contributed by atoms with Gasteiger partial charge in [0.2, 0.25) is 0 Å². The first kappa shape index (κ1) is 16.9. The smallest absolute Gasteiger partial charge is 0.280 e. The van der Waals surface area contributed by atoms with Gasteiger partial charge in [-0.1, -0.05) is 0 Å². The molecule has 7 nitrogen and oxygen atoms in total. The predicted molar refractivity (Wildman–Crippen MR) is 84.1 cm³/mol. The molecule has 2 aliphatic heterocycles. The van der Waals surface area contributed by atoms with E-state index in [1.54, 1.807) is 12.3 Å². The third-order valence-corrected chi connectivity index (χ3v) is 5.92. The average molecular weight is 344 g/mol. The molecule has 3 heterocycles. The second-order valence-electron chi connectivity index (χ2n) is 5.99. The molecular formula is C15H24N2O5S. The summed E-state index contributed by atoms with van der Waals surface area (Å²) in [6, 6.07) is 3.40. The zero-order chi connectivity index (χ0) is 16.1. The van der Waals surface area contributed by atoms with E-state index in [-0.39, 0.29) is 12.6 Å². The molecule has 0 amide bonds. The second-order valence-corrected chi connectivity index (χ2v) is 7.70. The minimum Gasteiger partial charge on any atom is -0.468 e. The first-order valence-electron chi connectivity index (χ1n) is 8.12. The normalized spacial score (nSPS) is 26.1. The maximum absolute atomic E-state index is 12.5. The quantitative estimate of drug-likeness (QED) is 0.719. The van der Waals surface area contributed by atoms with Crippen LogP contribution in [0.3, 0.4) is 0 Å². The van der Waals surface area contributed by atoms with E-state index < -0.39 is 10.2 Å². The lowest BCUT2D eigenvalue weighted by Crippen LogP contribution is -2.41. The van der Waals surface area contributed by atoms with E-state index in [2.05, 4.69) is 4.72 Å². The number of hydrogen-bond donors (Lipinski definition) is 1. The van der Waals surface area contributed by atoms with Crippen molar-refractivity contribution in [3.05, 3.63) is 24.2 Å². The van der Waals surface area contributed by atoms with Gasteiger partial charge in [0.05, 0.1) is 32.1 Å². The van der Waals surface area contributed by atoms with Crippen LogP contribution in [0.25, 0.3) is 0 Å². The number of furan rings is 1. The molecule has 130 valence electrons. The molecule has 1 N–H and O–H groups in total. The summed E-state index contributed by atoms with van der Waals surface area (Å²) in [5, 5.41) is 0. The average Bonchev–Trinajstić information content (AvgIpc) is 3.27. The van der Waals surface area contributed by atoms with E-state index in [1.807, 2.05) is 6.07 Å². The molecule has 0 aromatic carbocycles. The van der Waals surface area contributed by atoms with Crippen LogP contribution in [-0.2, 0) is 19.7 Å². The minimum atomic E-state index is -3.52. The molecule has 0 radical (unpaired) electrons. The van der Waals surface area contributed by atoms with Crippen LogP contribution in [-0.4, -0.2) is 52.2 Å². The van der Waals surface area contributed by atoms with Crippen LogP contribution in [0.15, 0.2) is 22.8 Å². The van der Waals surface area contributed by atoms with Gasteiger partial charge in [0.1, 0.15) is 5.76 Å². The molecule has 0 saturated carbocycles. The van der Waals surface area contributed by atoms with E-state index >= 15 is 0 Å². The van der Waals surface area contributed by atoms with Gasteiger partial charge in [-0.05, 0) is 31.4 Å². The fourth-order valence-corrected chi connectivity index (χ4v) is 4.50. The highest BCUT2D eigenvalue weighted by Gasteiger charge is 2.36. The van der Waals surface area contributed by atoms with Crippen molar-refractivity contribution in [3.63, 3.8) is 0 Å². The molecular weight excluding hydrogens is 320 g/mol. The highest BCUT2D eigenvalue weighted by Crippen LogP contribution is 2.33. The molecule has 1 aromatic heterocycles. The van der Waals surface area contributed by atoms with Gasteiger partial charge in [-0.25, -0.2) is 0 Å². The summed E-state index contributed by atoms with van der Waals surface area (Å²) in [5.41, 5.74) is 0. The van der Waals surface area contributed by atoms with E-state index in [9.17, 15) is 8.42 Å². The lowest BCUT2D eigenvalue weighted by molar-refractivity contribution is 0.0933. The van der Waals surface area contributed by atoms with Crippen LogP contribution in [0.5, 0.6) is 0 Å². The molecule has 2 aliphatic rings. The summed E-state index contributed by atoms with van der Waals surface area (Å²) in [5.74, 6) is 1.14. The summed E-state index contributed by atoms with van der Waals surface area (Å²) in [7, 11) is -3.52. The van der Waals surface area contributed by atoms with Crippen molar-refractivity contribution in [3.8, 4) is 0 Å². The van der Waals surface area contributed by atoms with Gasteiger partial charge in [0, 0.05) is 25.6 Å². The van der Waals surface area contributed by atoms with E-state index in [0.717, 1.165) is 32.5 Å². The Hall–Kier alpha value is -0.930. The maximum atomic E-state index is 12.5. The number of ether oxygens (including phenoxy) is 2. The molecule has 1 aromatic rings. The van der Waals surface area contributed by atoms with Gasteiger partial charge in [-0.2, -0.15) is 17.4 Å². The number of nitrogens with zero attached hydrogens (tertiary/aromatic N) is 1. The van der Waals surface area contributed by atoms with Crippen molar-refractivity contribution in [1.29, 1.82) is 0 Å². The largest absolute Gasteiger partial charge is 0.468 e. The number of rotatable bonds is 8. The van der Waals surface area contributed by atoms with Crippen LogP contribution >= 0.6 is 0 Å². The minimum absolute atomic E-state index is 0.209. The fourth-order valence-electron chi connectivity index (χ4n) is 3.08. The van der Waals surface area contributed by atoms with Crippen molar-refractivity contribution in [2.24, 2.45) is 5.92 Å². The van der Waals surface area contributed by atoms with Gasteiger partial charge in [0.25, 0.3) is 10.2 Å². The molecule has 0 spiro atoms. The molecule has 2 fully saturated rings.